The zero-order chi connectivity index (χ0) is 24.0. The molecule has 1 aromatic rings. The average Bonchev–Trinajstić information content (AvgIpc) is 3.05. The normalized spacial score (nSPS) is 24.8. The van der Waals surface area contributed by atoms with Crippen molar-refractivity contribution in [2.75, 3.05) is 72.6 Å². The van der Waals surface area contributed by atoms with Crippen LogP contribution in [-0.2, 0) is 19.8 Å². The Balaban J connectivity index is 1.55. The number of benzene rings is 1. The van der Waals surface area contributed by atoms with E-state index in [1.54, 1.807) is 4.90 Å². The summed E-state index contributed by atoms with van der Waals surface area (Å²) in [5.41, 5.74) is -0.285. The minimum atomic E-state index is -1.08. The van der Waals surface area contributed by atoms with E-state index >= 15 is 0 Å². The summed E-state index contributed by atoms with van der Waals surface area (Å²) in [6, 6.07) is 7.41. The predicted molar refractivity (Wildman–Crippen MR) is 127 cm³/mol. The number of hydrogen-bond acceptors (Lipinski definition) is 7. The third kappa shape index (κ3) is 5.38. The van der Waals surface area contributed by atoms with Gasteiger partial charge in [-0.1, -0.05) is 31.9 Å². The van der Waals surface area contributed by atoms with Crippen molar-refractivity contribution < 1.29 is 23.8 Å². The second-order valence-electron chi connectivity index (χ2n) is 9.34. The number of urea groups is 1. The summed E-state index contributed by atoms with van der Waals surface area (Å²) in [4.78, 5) is 34.8. The van der Waals surface area contributed by atoms with Crippen molar-refractivity contribution in [2.45, 2.75) is 38.6 Å². The van der Waals surface area contributed by atoms with E-state index < -0.39 is 5.54 Å². The molecule has 0 spiro atoms. The van der Waals surface area contributed by atoms with Crippen LogP contribution in [0, 0.1) is 0 Å². The van der Waals surface area contributed by atoms with Gasteiger partial charge in [-0.2, -0.15) is 0 Å². The number of rotatable bonds is 10. The Bertz CT molecular complexity index is 823. The lowest BCUT2D eigenvalue weighted by Crippen LogP contribution is -2.51. The third-order valence-corrected chi connectivity index (χ3v) is 6.99. The molecule has 34 heavy (non-hydrogen) atoms. The van der Waals surface area contributed by atoms with Gasteiger partial charge in [-0.3, -0.25) is 19.5 Å². The van der Waals surface area contributed by atoms with Crippen molar-refractivity contribution in [1.82, 2.24) is 19.6 Å². The van der Waals surface area contributed by atoms with Crippen LogP contribution in [0.3, 0.4) is 0 Å². The van der Waals surface area contributed by atoms with Crippen LogP contribution in [0.25, 0.3) is 0 Å². The summed E-state index contributed by atoms with van der Waals surface area (Å²) >= 11 is 0. The Morgan fingerprint density at radius 1 is 0.882 bits per heavy atom. The molecule has 4 rings (SSSR count). The van der Waals surface area contributed by atoms with Crippen molar-refractivity contribution in [3.8, 4) is 5.75 Å². The first-order chi connectivity index (χ1) is 16.5. The molecular formula is C25H38N4O5. The number of unbranched alkanes of at least 4 members (excludes halogenated alkanes) is 2. The molecule has 1 atom stereocenters. The van der Waals surface area contributed by atoms with Crippen LogP contribution in [0.4, 0.5) is 4.79 Å². The molecule has 1 aromatic carbocycles. The van der Waals surface area contributed by atoms with Gasteiger partial charge in [-0.25, -0.2) is 9.69 Å². The minimum Gasteiger partial charge on any atom is -0.494 e. The molecule has 3 amide bonds. The van der Waals surface area contributed by atoms with Gasteiger partial charge in [0, 0.05) is 26.2 Å². The van der Waals surface area contributed by atoms with Crippen molar-refractivity contribution in [3.05, 3.63) is 29.8 Å². The van der Waals surface area contributed by atoms with Crippen molar-refractivity contribution in [1.29, 1.82) is 0 Å². The Labute approximate surface area is 202 Å². The van der Waals surface area contributed by atoms with E-state index in [9.17, 15) is 9.59 Å². The van der Waals surface area contributed by atoms with Crippen LogP contribution in [0.5, 0.6) is 5.75 Å². The largest absolute Gasteiger partial charge is 0.494 e. The summed E-state index contributed by atoms with van der Waals surface area (Å²) in [5.74, 6) is 0.596. The number of nitrogens with zero attached hydrogens (tertiary/aromatic N) is 4. The molecule has 3 fully saturated rings. The number of carbonyl (C=O) groups is 2. The Kier molecular flexibility index (Phi) is 8.41. The predicted octanol–water partition coefficient (Wildman–Crippen LogP) is 2.31. The van der Waals surface area contributed by atoms with Gasteiger partial charge in [0.1, 0.15) is 11.3 Å². The summed E-state index contributed by atoms with van der Waals surface area (Å²) in [7, 11) is 0. The van der Waals surface area contributed by atoms with Gasteiger partial charge >= 0.3 is 6.03 Å². The summed E-state index contributed by atoms with van der Waals surface area (Å²) in [6.45, 7) is 10.8. The smallest absolute Gasteiger partial charge is 0.330 e. The second kappa shape index (κ2) is 11.5. The summed E-state index contributed by atoms with van der Waals surface area (Å²) < 4.78 is 16.8. The van der Waals surface area contributed by atoms with E-state index in [0.29, 0.717) is 52.8 Å². The van der Waals surface area contributed by atoms with Gasteiger partial charge < -0.3 is 14.2 Å². The molecule has 0 N–H and O–H groups in total. The lowest BCUT2D eigenvalue weighted by atomic mass is 9.90. The van der Waals surface area contributed by atoms with Crippen molar-refractivity contribution in [3.63, 3.8) is 0 Å². The van der Waals surface area contributed by atoms with Gasteiger partial charge in [0.05, 0.1) is 46.4 Å². The highest BCUT2D eigenvalue weighted by Crippen LogP contribution is 2.38. The first kappa shape index (κ1) is 24.9. The molecular weight excluding hydrogens is 436 g/mol. The molecule has 9 heteroatoms. The summed E-state index contributed by atoms with van der Waals surface area (Å²) in [5, 5.41) is 0. The van der Waals surface area contributed by atoms with E-state index in [1.165, 1.54) is 4.90 Å². The van der Waals surface area contributed by atoms with E-state index in [2.05, 4.69) is 16.7 Å². The molecule has 0 aliphatic carbocycles. The Hall–Kier alpha value is -2.20. The van der Waals surface area contributed by atoms with Gasteiger partial charge in [0.2, 0.25) is 0 Å². The fourth-order valence-electron chi connectivity index (χ4n) is 4.71. The molecule has 0 radical (unpaired) electrons. The molecule has 0 unspecified atom stereocenters. The van der Waals surface area contributed by atoms with Crippen molar-refractivity contribution >= 4 is 11.9 Å². The Morgan fingerprint density at radius 3 is 2.06 bits per heavy atom. The van der Waals surface area contributed by atoms with Crippen molar-refractivity contribution in [2.24, 2.45) is 0 Å². The molecule has 3 aliphatic heterocycles. The number of carbonyl (C=O) groups excluding carboxylic acids is 2. The number of amides is 3. The molecule has 3 aliphatic rings. The maximum atomic E-state index is 13.8. The number of imide groups is 1. The molecule has 188 valence electrons. The van der Waals surface area contributed by atoms with Crippen LogP contribution in [0.2, 0.25) is 0 Å². The molecule has 0 bridgehead atoms. The highest BCUT2D eigenvalue weighted by Gasteiger charge is 2.56. The zero-order valence-corrected chi connectivity index (χ0v) is 20.5. The molecule has 0 saturated carbocycles. The topological polar surface area (TPSA) is 74.8 Å². The molecule has 9 nitrogen and oxygen atoms in total. The van der Waals surface area contributed by atoms with Gasteiger partial charge in [0.25, 0.3) is 5.91 Å². The van der Waals surface area contributed by atoms with Crippen LogP contribution >= 0.6 is 0 Å². The molecule has 3 saturated heterocycles. The zero-order valence-electron chi connectivity index (χ0n) is 20.5. The fourth-order valence-corrected chi connectivity index (χ4v) is 4.71. The Morgan fingerprint density at radius 2 is 1.47 bits per heavy atom. The van der Waals surface area contributed by atoms with Crippen LogP contribution in [0.15, 0.2) is 24.3 Å². The van der Waals surface area contributed by atoms with E-state index in [4.69, 9.17) is 14.2 Å². The van der Waals surface area contributed by atoms with E-state index in [0.717, 1.165) is 43.7 Å². The minimum absolute atomic E-state index is 0.186. The first-order valence-electron chi connectivity index (χ1n) is 12.5. The third-order valence-electron chi connectivity index (χ3n) is 6.99. The fraction of sp³-hybridized carbons (Fsp3) is 0.680. The maximum Gasteiger partial charge on any atom is 0.330 e. The highest BCUT2D eigenvalue weighted by molar-refractivity contribution is 6.07. The monoisotopic (exact) mass is 474 g/mol. The molecule has 0 aromatic heterocycles. The summed E-state index contributed by atoms with van der Waals surface area (Å²) in [6.07, 6.45) is 3.31. The van der Waals surface area contributed by atoms with Gasteiger partial charge in [0.15, 0.2) is 0 Å². The second-order valence-corrected chi connectivity index (χ2v) is 9.34. The lowest BCUT2D eigenvalue weighted by molar-refractivity contribution is -0.135. The van der Waals surface area contributed by atoms with Crippen LogP contribution < -0.4 is 4.74 Å². The van der Waals surface area contributed by atoms with E-state index in [1.807, 2.05) is 31.2 Å². The number of hydrogen-bond donors (Lipinski definition) is 0. The van der Waals surface area contributed by atoms with Gasteiger partial charge in [-0.15, -0.1) is 0 Å². The van der Waals surface area contributed by atoms with Crippen LogP contribution in [0.1, 0.15) is 38.7 Å². The first-order valence-corrected chi connectivity index (χ1v) is 12.5. The standard InChI is InChI=1S/C25H38N4O5/c1-3-4-5-14-34-22-8-6-21(7-9-22)25(2)23(30)28(19-26-10-15-32-16-11-26)24(31)29(25)20-27-12-17-33-18-13-27/h6-9H,3-5,10-20H2,1-2H3/t25-/m1/s1. The quantitative estimate of drug-likeness (QED) is 0.381. The van der Waals surface area contributed by atoms with Crippen LogP contribution in [-0.4, -0.2) is 104 Å². The average molecular weight is 475 g/mol. The lowest BCUT2D eigenvalue weighted by Gasteiger charge is -2.37. The highest BCUT2D eigenvalue weighted by atomic mass is 16.5. The maximum absolute atomic E-state index is 13.8. The number of morpholine rings is 2. The SMILES string of the molecule is CCCCCOc1ccc([C@]2(C)C(=O)N(CN3CCOCC3)C(=O)N2CN2CCOCC2)cc1. The van der Waals surface area contributed by atoms with Gasteiger partial charge in [-0.05, 0) is 31.0 Å². The number of ether oxygens (including phenoxy) is 3. The van der Waals surface area contributed by atoms with E-state index in [-0.39, 0.29) is 18.6 Å². The molecule has 3 heterocycles.